The van der Waals surface area contributed by atoms with E-state index in [1.165, 1.54) is 0 Å². The number of rotatable bonds is 0. The van der Waals surface area contributed by atoms with Crippen LogP contribution in [0.1, 0.15) is 6.92 Å². The Morgan fingerprint density at radius 1 is 1.57 bits per heavy atom. The van der Waals surface area contributed by atoms with Crippen LogP contribution in [0.4, 0.5) is 0 Å². The molecule has 0 aromatic carbocycles. The molecule has 0 amide bonds. The van der Waals surface area contributed by atoms with Crippen LogP contribution in [0.25, 0.3) is 0 Å². The van der Waals surface area contributed by atoms with E-state index in [-0.39, 0.29) is 59.3 Å². The summed E-state index contributed by atoms with van der Waals surface area (Å²) >= 11 is 0. The first-order valence-electron chi connectivity index (χ1n) is 0.928. The van der Waals surface area contributed by atoms with Gasteiger partial charge >= 0.3 is 29.6 Å². The molecular formula is C2H9AlClNaO2. The SMILES string of the molecule is CC(=O)O.Cl.[AlH3].[NaH]. The van der Waals surface area contributed by atoms with Gasteiger partial charge in [-0.3, -0.25) is 4.79 Å². The van der Waals surface area contributed by atoms with E-state index in [0.29, 0.717) is 0 Å². The molecule has 0 aromatic heterocycles. The Hall–Kier alpha value is 1.29. The summed E-state index contributed by atoms with van der Waals surface area (Å²) < 4.78 is 0. The first kappa shape index (κ1) is 23.9. The van der Waals surface area contributed by atoms with Gasteiger partial charge in [-0.25, -0.2) is 0 Å². The molecule has 2 nitrogen and oxygen atoms in total. The van der Waals surface area contributed by atoms with Crippen molar-refractivity contribution in [3.63, 3.8) is 0 Å². The van der Waals surface area contributed by atoms with Gasteiger partial charge in [0.15, 0.2) is 17.4 Å². The summed E-state index contributed by atoms with van der Waals surface area (Å²) in [6.07, 6.45) is 0. The van der Waals surface area contributed by atoms with E-state index >= 15 is 0 Å². The van der Waals surface area contributed by atoms with Gasteiger partial charge < -0.3 is 5.11 Å². The van der Waals surface area contributed by atoms with E-state index in [9.17, 15) is 0 Å². The van der Waals surface area contributed by atoms with Crippen molar-refractivity contribution in [2.45, 2.75) is 6.92 Å². The number of halogens is 1. The Morgan fingerprint density at radius 3 is 1.57 bits per heavy atom. The zero-order valence-corrected chi connectivity index (χ0v) is 3.58. The second-order valence-electron chi connectivity index (χ2n) is 0.519. The fourth-order valence-corrected chi connectivity index (χ4v) is 0. The van der Waals surface area contributed by atoms with E-state index in [4.69, 9.17) is 9.90 Å². The van der Waals surface area contributed by atoms with Crippen molar-refractivity contribution in [1.82, 2.24) is 0 Å². The van der Waals surface area contributed by atoms with Crippen LogP contribution < -0.4 is 0 Å². The summed E-state index contributed by atoms with van der Waals surface area (Å²) in [6, 6.07) is 0. The third-order valence-electron chi connectivity index (χ3n) is 0. The predicted molar refractivity (Wildman–Crippen MR) is 37.6 cm³/mol. The van der Waals surface area contributed by atoms with Crippen LogP contribution in [-0.4, -0.2) is 58.0 Å². The summed E-state index contributed by atoms with van der Waals surface area (Å²) in [5.41, 5.74) is 0. The normalized spacial score (nSPS) is 3.57. The Balaban J connectivity index is -0.0000000150. The van der Waals surface area contributed by atoms with Gasteiger partial charge in [-0.15, -0.1) is 12.4 Å². The van der Waals surface area contributed by atoms with Gasteiger partial charge in [0.05, 0.1) is 0 Å². The van der Waals surface area contributed by atoms with E-state index in [0.717, 1.165) is 6.92 Å². The van der Waals surface area contributed by atoms with Crippen LogP contribution in [-0.2, 0) is 4.79 Å². The Labute approximate surface area is 81.5 Å². The van der Waals surface area contributed by atoms with Gasteiger partial charge in [0.1, 0.15) is 0 Å². The number of carboxylic acid groups (broad SMARTS) is 1. The summed E-state index contributed by atoms with van der Waals surface area (Å²) in [4.78, 5) is 9.00. The van der Waals surface area contributed by atoms with Crippen LogP contribution in [0.15, 0.2) is 0 Å². The average molecular weight is 151 g/mol. The monoisotopic (exact) mass is 150 g/mol. The van der Waals surface area contributed by atoms with Crippen molar-refractivity contribution in [3.05, 3.63) is 0 Å². The van der Waals surface area contributed by atoms with E-state index in [1.54, 1.807) is 0 Å². The van der Waals surface area contributed by atoms with Crippen molar-refractivity contribution >= 4 is 65.3 Å². The number of hydrogen-bond donors (Lipinski definition) is 1. The van der Waals surface area contributed by atoms with Crippen LogP contribution in [0.5, 0.6) is 0 Å². The van der Waals surface area contributed by atoms with E-state index in [2.05, 4.69) is 0 Å². The zero-order chi connectivity index (χ0) is 3.58. The molecule has 0 aromatic rings. The molecule has 0 radical (unpaired) electrons. The Kier molecular flexibility index (Phi) is 53.6. The first-order valence-corrected chi connectivity index (χ1v) is 0.928. The van der Waals surface area contributed by atoms with E-state index in [1.807, 2.05) is 0 Å². The molecule has 7 heavy (non-hydrogen) atoms. The molecule has 0 aliphatic rings. The molecule has 0 aliphatic heterocycles. The van der Waals surface area contributed by atoms with Crippen LogP contribution in [0.3, 0.4) is 0 Å². The summed E-state index contributed by atoms with van der Waals surface area (Å²) in [7, 11) is 0. The molecule has 0 spiro atoms. The molecule has 0 atom stereocenters. The molecule has 0 bridgehead atoms. The van der Waals surface area contributed by atoms with Crippen molar-refractivity contribution < 1.29 is 9.90 Å². The summed E-state index contributed by atoms with van der Waals surface area (Å²) in [6.45, 7) is 1.08. The average Bonchev–Trinajstić information content (AvgIpc) is 0.811. The third kappa shape index (κ3) is 122. The van der Waals surface area contributed by atoms with Gasteiger partial charge in [0.25, 0.3) is 5.97 Å². The van der Waals surface area contributed by atoms with E-state index < -0.39 is 5.97 Å². The number of carboxylic acids is 1. The van der Waals surface area contributed by atoms with Crippen LogP contribution >= 0.6 is 12.4 Å². The Morgan fingerprint density at radius 2 is 1.57 bits per heavy atom. The van der Waals surface area contributed by atoms with Crippen molar-refractivity contribution in [2.75, 3.05) is 0 Å². The molecule has 0 saturated carbocycles. The minimum absolute atomic E-state index is 0. The maximum absolute atomic E-state index is 9.00. The maximum atomic E-state index is 9.00. The molecule has 1 N–H and O–H groups in total. The summed E-state index contributed by atoms with van der Waals surface area (Å²) in [5.74, 6) is -0.833. The Bertz CT molecular complexity index is 38.7. The number of aliphatic carboxylic acids is 1. The van der Waals surface area contributed by atoms with Gasteiger partial charge in [0, 0.05) is 6.92 Å². The standard InChI is InChI=1S/C2H4O2.Al.ClH.Na.4H/c1-2(3)4;;;;;;;/h1H3,(H,3,4);;1H;;;;;. The van der Waals surface area contributed by atoms with Crippen LogP contribution in [0, 0.1) is 0 Å². The molecule has 40 valence electrons. The quantitative estimate of drug-likeness (QED) is 0.435. The van der Waals surface area contributed by atoms with Gasteiger partial charge in [-0.2, -0.15) is 0 Å². The molecular weight excluding hydrogens is 141 g/mol. The third-order valence-corrected chi connectivity index (χ3v) is 0. The second kappa shape index (κ2) is 15.7. The second-order valence-corrected chi connectivity index (χ2v) is 0.519. The van der Waals surface area contributed by atoms with Gasteiger partial charge in [0.2, 0.25) is 0 Å². The van der Waals surface area contributed by atoms with Crippen molar-refractivity contribution in [2.24, 2.45) is 0 Å². The summed E-state index contributed by atoms with van der Waals surface area (Å²) in [5, 5.41) is 7.42. The molecule has 0 rings (SSSR count). The number of hydrogen-bond acceptors (Lipinski definition) is 1. The fraction of sp³-hybridized carbons (Fsp3) is 0.500. The molecule has 0 saturated heterocycles. The predicted octanol–water partition coefficient (Wildman–Crippen LogP) is -1.32. The molecule has 0 heterocycles. The van der Waals surface area contributed by atoms with Crippen molar-refractivity contribution in [3.8, 4) is 0 Å². The molecule has 0 aliphatic carbocycles. The molecule has 0 fully saturated rings. The zero-order valence-electron chi connectivity index (χ0n) is 2.76. The van der Waals surface area contributed by atoms with Gasteiger partial charge in [-0.1, -0.05) is 0 Å². The molecule has 0 unspecified atom stereocenters. The van der Waals surface area contributed by atoms with Crippen molar-refractivity contribution in [1.29, 1.82) is 0 Å². The fourth-order valence-electron chi connectivity index (χ4n) is 0. The van der Waals surface area contributed by atoms with Gasteiger partial charge in [-0.05, 0) is 0 Å². The molecule has 5 heteroatoms. The minimum atomic E-state index is -0.833. The number of carbonyl (C=O) groups is 1. The van der Waals surface area contributed by atoms with Crippen LogP contribution in [0.2, 0.25) is 0 Å². The first-order chi connectivity index (χ1) is 1.73. The topological polar surface area (TPSA) is 37.3 Å².